The standard InChI is InChI=1S/C11H18N4O2/c1-17-10-7-9(13-11(12)14-10)15(5-6-16)8-3-2-4-8/h7-8,16H,2-6H2,1H3,(H2,12,13,14). The van der Waals surface area contributed by atoms with Crippen molar-refractivity contribution < 1.29 is 9.84 Å². The van der Waals surface area contributed by atoms with Crippen molar-refractivity contribution in [3.8, 4) is 5.88 Å². The Morgan fingerprint density at radius 1 is 1.53 bits per heavy atom. The Labute approximate surface area is 100 Å². The quantitative estimate of drug-likeness (QED) is 0.773. The molecule has 0 aliphatic heterocycles. The molecule has 3 N–H and O–H groups in total. The summed E-state index contributed by atoms with van der Waals surface area (Å²) in [4.78, 5) is 10.2. The SMILES string of the molecule is COc1cc(N(CCO)C2CCC2)nc(N)n1. The summed E-state index contributed by atoms with van der Waals surface area (Å²) in [5.74, 6) is 1.38. The van der Waals surface area contributed by atoms with Crippen LogP contribution in [-0.4, -0.2) is 41.4 Å². The smallest absolute Gasteiger partial charge is 0.225 e. The minimum absolute atomic E-state index is 0.0999. The van der Waals surface area contributed by atoms with Gasteiger partial charge in [0.15, 0.2) is 0 Å². The van der Waals surface area contributed by atoms with Crippen LogP contribution in [-0.2, 0) is 0 Å². The molecule has 1 heterocycles. The van der Waals surface area contributed by atoms with Gasteiger partial charge in [0.25, 0.3) is 0 Å². The number of nitrogen functional groups attached to an aromatic ring is 1. The summed E-state index contributed by atoms with van der Waals surface area (Å²) in [6.45, 7) is 0.660. The lowest BCUT2D eigenvalue weighted by Crippen LogP contribution is -2.42. The van der Waals surface area contributed by atoms with Gasteiger partial charge in [0, 0.05) is 18.7 Å². The molecule has 0 saturated heterocycles. The summed E-state index contributed by atoms with van der Waals surface area (Å²) >= 11 is 0. The van der Waals surface area contributed by atoms with E-state index < -0.39 is 0 Å². The van der Waals surface area contributed by atoms with E-state index in [1.54, 1.807) is 13.2 Å². The van der Waals surface area contributed by atoms with Crippen molar-refractivity contribution in [3.05, 3.63) is 6.07 Å². The van der Waals surface area contributed by atoms with Crippen LogP contribution in [0.2, 0.25) is 0 Å². The largest absolute Gasteiger partial charge is 0.481 e. The van der Waals surface area contributed by atoms with Crippen LogP contribution >= 0.6 is 0 Å². The lowest BCUT2D eigenvalue weighted by molar-refractivity contribution is 0.282. The first-order chi connectivity index (χ1) is 8.24. The maximum atomic E-state index is 9.11. The second-order valence-corrected chi connectivity index (χ2v) is 4.13. The average Bonchev–Trinajstić information content (AvgIpc) is 2.25. The van der Waals surface area contributed by atoms with Gasteiger partial charge >= 0.3 is 0 Å². The Balaban J connectivity index is 2.24. The second kappa shape index (κ2) is 5.18. The molecule has 1 fully saturated rings. The fourth-order valence-electron chi connectivity index (χ4n) is 1.97. The van der Waals surface area contributed by atoms with Crippen molar-refractivity contribution in [3.63, 3.8) is 0 Å². The van der Waals surface area contributed by atoms with Crippen molar-refractivity contribution in [1.29, 1.82) is 0 Å². The van der Waals surface area contributed by atoms with Gasteiger partial charge in [-0.1, -0.05) is 0 Å². The predicted molar refractivity (Wildman–Crippen MR) is 65.1 cm³/mol. The number of nitrogens with two attached hydrogens (primary N) is 1. The number of hydrogen-bond donors (Lipinski definition) is 2. The summed E-state index contributed by atoms with van der Waals surface area (Å²) in [5.41, 5.74) is 5.64. The number of aliphatic hydroxyl groups excluding tert-OH is 1. The molecule has 1 aliphatic rings. The highest BCUT2D eigenvalue weighted by Crippen LogP contribution is 2.29. The van der Waals surface area contributed by atoms with Crippen LogP contribution in [0.3, 0.4) is 0 Å². The number of nitrogens with zero attached hydrogens (tertiary/aromatic N) is 3. The van der Waals surface area contributed by atoms with Crippen molar-refractivity contribution in [2.75, 3.05) is 30.9 Å². The van der Waals surface area contributed by atoms with Gasteiger partial charge in [-0.3, -0.25) is 0 Å². The molecule has 2 rings (SSSR count). The van der Waals surface area contributed by atoms with E-state index in [-0.39, 0.29) is 12.6 Å². The van der Waals surface area contributed by atoms with Crippen LogP contribution in [0, 0.1) is 0 Å². The molecule has 0 spiro atoms. The fraction of sp³-hybridized carbons (Fsp3) is 0.636. The number of ether oxygens (including phenoxy) is 1. The van der Waals surface area contributed by atoms with E-state index in [2.05, 4.69) is 14.9 Å². The van der Waals surface area contributed by atoms with E-state index in [4.69, 9.17) is 15.6 Å². The molecule has 0 bridgehead atoms. The molecule has 94 valence electrons. The molecule has 6 heteroatoms. The van der Waals surface area contributed by atoms with Crippen LogP contribution in [0.1, 0.15) is 19.3 Å². The Kier molecular flexibility index (Phi) is 3.63. The molecule has 0 amide bonds. The zero-order valence-corrected chi connectivity index (χ0v) is 9.96. The van der Waals surface area contributed by atoms with E-state index in [0.717, 1.165) is 18.7 Å². The molecule has 1 aromatic heterocycles. The first kappa shape index (κ1) is 11.9. The topological polar surface area (TPSA) is 84.5 Å². The molecule has 0 radical (unpaired) electrons. The number of anilines is 2. The molecule has 0 aromatic carbocycles. The van der Waals surface area contributed by atoms with Crippen LogP contribution in [0.25, 0.3) is 0 Å². The first-order valence-electron chi connectivity index (χ1n) is 5.80. The summed E-state index contributed by atoms with van der Waals surface area (Å²) < 4.78 is 5.08. The van der Waals surface area contributed by atoms with Crippen molar-refractivity contribution >= 4 is 11.8 Å². The Morgan fingerprint density at radius 3 is 2.82 bits per heavy atom. The number of methoxy groups -OCH3 is 1. The molecule has 0 unspecified atom stereocenters. The Hall–Kier alpha value is -1.56. The maximum Gasteiger partial charge on any atom is 0.225 e. The number of hydrogen-bond acceptors (Lipinski definition) is 6. The molecular formula is C11H18N4O2. The second-order valence-electron chi connectivity index (χ2n) is 4.13. The Morgan fingerprint density at radius 2 is 2.29 bits per heavy atom. The third kappa shape index (κ3) is 2.58. The minimum atomic E-state index is 0.0999. The molecule has 6 nitrogen and oxygen atoms in total. The van der Waals surface area contributed by atoms with Gasteiger partial charge in [0.2, 0.25) is 11.8 Å². The van der Waals surface area contributed by atoms with E-state index in [0.29, 0.717) is 18.5 Å². The summed E-state index contributed by atoms with van der Waals surface area (Å²) in [6, 6.07) is 2.20. The monoisotopic (exact) mass is 238 g/mol. The van der Waals surface area contributed by atoms with Gasteiger partial charge < -0.3 is 20.5 Å². The van der Waals surface area contributed by atoms with Crippen LogP contribution in [0.15, 0.2) is 6.07 Å². The van der Waals surface area contributed by atoms with Gasteiger partial charge in [-0.2, -0.15) is 9.97 Å². The highest BCUT2D eigenvalue weighted by Gasteiger charge is 2.26. The predicted octanol–water partition coefficient (Wildman–Crippen LogP) is 0.419. The lowest BCUT2D eigenvalue weighted by Gasteiger charge is -2.38. The number of rotatable bonds is 5. The minimum Gasteiger partial charge on any atom is -0.481 e. The van der Waals surface area contributed by atoms with Crippen LogP contribution in [0.4, 0.5) is 11.8 Å². The molecule has 17 heavy (non-hydrogen) atoms. The van der Waals surface area contributed by atoms with Crippen LogP contribution in [0.5, 0.6) is 5.88 Å². The van der Waals surface area contributed by atoms with Gasteiger partial charge in [-0.25, -0.2) is 0 Å². The van der Waals surface area contributed by atoms with Gasteiger partial charge in [-0.05, 0) is 19.3 Å². The van der Waals surface area contributed by atoms with Crippen LogP contribution < -0.4 is 15.4 Å². The molecule has 1 aliphatic carbocycles. The normalized spacial score (nSPS) is 15.4. The highest BCUT2D eigenvalue weighted by molar-refractivity contribution is 5.46. The zero-order chi connectivity index (χ0) is 12.3. The Bertz CT molecular complexity index is 382. The number of aromatic nitrogens is 2. The van der Waals surface area contributed by atoms with Gasteiger partial charge in [0.05, 0.1) is 13.7 Å². The molecule has 0 atom stereocenters. The molecule has 1 saturated carbocycles. The van der Waals surface area contributed by atoms with Gasteiger partial charge in [-0.15, -0.1) is 0 Å². The third-order valence-corrected chi connectivity index (χ3v) is 3.07. The highest BCUT2D eigenvalue weighted by atomic mass is 16.5. The lowest BCUT2D eigenvalue weighted by atomic mass is 9.91. The van der Waals surface area contributed by atoms with Gasteiger partial charge in [0.1, 0.15) is 5.82 Å². The summed E-state index contributed by atoms with van der Waals surface area (Å²) in [5, 5.41) is 9.11. The molecule has 1 aromatic rings. The van der Waals surface area contributed by atoms with E-state index in [9.17, 15) is 0 Å². The summed E-state index contributed by atoms with van der Waals surface area (Å²) in [6.07, 6.45) is 3.49. The number of aliphatic hydroxyl groups is 1. The van der Waals surface area contributed by atoms with Crippen molar-refractivity contribution in [1.82, 2.24) is 9.97 Å². The van der Waals surface area contributed by atoms with Crippen molar-refractivity contribution in [2.24, 2.45) is 0 Å². The zero-order valence-electron chi connectivity index (χ0n) is 9.96. The summed E-state index contributed by atoms with van der Waals surface area (Å²) in [7, 11) is 1.55. The first-order valence-corrected chi connectivity index (χ1v) is 5.80. The molecular weight excluding hydrogens is 220 g/mol. The maximum absolute atomic E-state index is 9.11. The van der Waals surface area contributed by atoms with E-state index >= 15 is 0 Å². The van der Waals surface area contributed by atoms with E-state index in [1.807, 2.05) is 0 Å². The third-order valence-electron chi connectivity index (χ3n) is 3.07. The average molecular weight is 238 g/mol. The van der Waals surface area contributed by atoms with Crippen molar-refractivity contribution in [2.45, 2.75) is 25.3 Å². The fourth-order valence-corrected chi connectivity index (χ4v) is 1.97. The van der Waals surface area contributed by atoms with E-state index in [1.165, 1.54) is 6.42 Å².